The molecular formula is C15H17N3O4. The van der Waals surface area contributed by atoms with E-state index in [1.54, 1.807) is 25.4 Å². The van der Waals surface area contributed by atoms with Crippen molar-refractivity contribution >= 4 is 5.69 Å². The van der Waals surface area contributed by atoms with Crippen molar-refractivity contribution in [2.75, 3.05) is 14.2 Å². The van der Waals surface area contributed by atoms with Gasteiger partial charge in [-0.15, -0.1) is 0 Å². The second-order valence-corrected chi connectivity index (χ2v) is 4.57. The number of nitro benzene ring substituents is 1. The minimum Gasteiger partial charge on any atom is -0.490 e. The van der Waals surface area contributed by atoms with Crippen molar-refractivity contribution in [3.63, 3.8) is 0 Å². The lowest BCUT2D eigenvalue weighted by molar-refractivity contribution is -0.385. The summed E-state index contributed by atoms with van der Waals surface area (Å²) >= 11 is 0. The topological polar surface area (TPSA) is 86.5 Å². The van der Waals surface area contributed by atoms with E-state index in [1.165, 1.54) is 13.2 Å². The van der Waals surface area contributed by atoms with Crippen LogP contribution >= 0.6 is 0 Å². The summed E-state index contributed by atoms with van der Waals surface area (Å²) in [6.45, 7) is 1.12. The molecule has 0 saturated heterocycles. The first-order chi connectivity index (χ1) is 10.6. The Bertz CT molecular complexity index is 661. The summed E-state index contributed by atoms with van der Waals surface area (Å²) in [5.41, 5.74) is 1.80. The number of methoxy groups -OCH3 is 2. The third-order valence-electron chi connectivity index (χ3n) is 3.11. The maximum atomic E-state index is 11.0. The van der Waals surface area contributed by atoms with Crippen LogP contribution in [0.4, 0.5) is 5.69 Å². The van der Waals surface area contributed by atoms with Gasteiger partial charge in [0.05, 0.1) is 19.1 Å². The monoisotopic (exact) mass is 303 g/mol. The fourth-order valence-electron chi connectivity index (χ4n) is 2.01. The van der Waals surface area contributed by atoms with Crippen molar-refractivity contribution in [1.29, 1.82) is 0 Å². The van der Waals surface area contributed by atoms with Crippen LogP contribution in [0.25, 0.3) is 0 Å². The third kappa shape index (κ3) is 3.92. The molecule has 0 saturated carbocycles. The van der Waals surface area contributed by atoms with E-state index in [0.717, 1.165) is 11.1 Å². The van der Waals surface area contributed by atoms with E-state index in [2.05, 4.69) is 10.3 Å². The lowest BCUT2D eigenvalue weighted by Crippen LogP contribution is -2.13. The number of pyridine rings is 1. The molecule has 1 heterocycles. The van der Waals surface area contributed by atoms with Crippen molar-refractivity contribution in [1.82, 2.24) is 10.3 Å². The molecule has 116 valence electrons. The molecule has 0 radical (unpaired) electrons. The van der Waals surface area contributed by atoms with Gasteiger partial charge in [-0.1, -0.05) is 6.07 Å². The van der Waals surface area contributed by atoms with Crippen LogP contribution in [0, 0.1) is 10.1 Å². The molecule has 2 aromatic rings. The highest BCUT2D eigenvalue weighted by atomic mass is 16.6. The number of hydrogen-bond acceptors (Lipinski definition) is 6. The Balaban J connectivity index is 1.99. The van der Waals surface area contributed by atoms with Crippen molar-refractivity contribution < 1.29 is 14.4 Å². The molecule has 1 N–H and O–H groups in total. The average Bonchev–Trinajstić information content (AvgIpc) is 2.55. The first-order valence-electron chi connectivity index (χ1n) is 6.65. The zero-order valence-corrected chi connectivity index (χ0v) is 12.4. The largest absolute Gasteiger partial charge is 0.490 e. The fourth-order valence-corrected chi connectivity index (χ4v) is 2.01. The summed E-state index contributed by atoms with van der Waals surface area (Å²) in [7, 11) is 2.98. The van der Waals surface area contributed by atoms with Crippen LogP contribution in [0.5, 0.6) is 11.6 Å². The van der Waals surface area contributed by atoms with Crippen LogP contribution in [0.1, 0.15) is 11.1 Å². The van der Waals surface area contributed by atoms with Gasteiger partial charge in [0.15, 0.2) is 5.75 Å². The molecule has 0 aliphatic carbocycles. The first kappa shape index (κ1) is 15.7. The van der Waals surface area contributed by atoms with Crippen LogP contribution in [-0.4, -0.2) is 24.1 Å². The average molecular weight is 303 g/mol. The van der Waals surface area contributed by atoms with Gasteiger partial charge in [0.1, 0.15) is 0 Å². The molecule has 0 atom stereocenters. The zero-order chi connectivity index (χ0) is 15.9. The smallest absolute Gasteiger partial charge is 0.311 e. The Morgan fingerprint density at radius 2 is 1.86 bits per heavy atom. The van der Waals surface area contributed by atoms with Crippen LogP contribution < -0.4 is 14.8 Å². The lowest BCUT2D eigenvalue weighted by Gasteiger charge is -2.07. The number of benzene rings is 1. The van der Waals surface area contributed by atoms with Crippen LogP contribution in [0.3, 0.4) is 0 Å². The van der Waals surface area contributed by atoms with E-state index in [1.807, 2.05) is 12.1 Å². The predicted molar refractivity (Wildman–Crippen MR) is 81.0 cm³/mol. The highest BCUT2D eigenvalue weighted by Gasteiger charge is 2.14. The molecule has 2 rings (SSSR count). The van der Waals surface area contributed by atoms with Gasteiger partial charge >= 0.3 is 5.69 Å². The van der Waals surface area contributed by atoms with Gasteiger partial charge in [0.2, 0.25) is 5.88 Å². The minimum atomic E-state index is -0.448. The van der Waals surface area contributed by atoms with Crippen molar-refractivity contribution in [2.45, 2.75) is 13.1 Å². The Labute approximate surface area is 128 Å². The molecule has 0 unspecified atom stereocenters. The molecule has 7 nitrogen and oxygen atoms in total. The quantitative estimate of drug-likeness (QED) is 0.624. The number of ether oxygens (including phenoxy) is 2. The minimum absolute atomic E-state index is 0.0348. The lowest BCUT2D eigenvalue weighted by atomic mass is 10.2. The van der Waals surface area contributed by atoms with Gasteiger partial charge in [-0.3, -0.25) is 10.1 Å². The normalized spacial score (nSPS) is 10.3. The van der Waals surface area contributed by atoms with Crippen LogP contribution in [0.2, 0.25) is 0 Å². The Morgan fingerprint density at radius 3 is 2.50 bits per heavy atom. The van der Waals surface area contributed by atoms with Gasteiger partial charge in [-0.05, 0) is 23.3 Å². The predicted octanol–water partition coefficient (Wildman–Crippen LogP) is 2.30. The van der Waals surface area contributed by atoms with Gasteiger partial charge in [0.25, 0.3) is 0 Å². The van der Waals surface area contributed by atoms with Crippen molar-refractivity contribution in [2.24, 2.45) is 0 Å². The van der Waals surface area contributed by atoms with Crippen molar-refractivity contribution in [3.8, 4) is 11.6 Å². The van der Waals surface area contributed by atoms with E-state index in [4.69, 9.17) is 9.47 Å². The van der Waals surface area contributed by atoms with Gasteiger partial charge in [-0.2, -0.15) is 0 Å². The second kappa shape index (κ2) is 7.37. The highest BCUT2D eigenvalue weighted by Crippen LogP contribution is 2.27. The zero-order valence-electron chi connectivity index (χ0n) is 12.4. The SMILES string of the molecule is COc1cc(CNCc2ccc(OC)c([N+](=O)[O-])c2)ccn1. The number of aromatic nitrogens is 1. The standard InChI is InChI=1S/C15H17N3O4/c1-21-14-4-3-11(7-13(14)18(19)20)9-16-10-12-5-6-17-15(8-12)22-2/h3-8,16H,9-10H2,1-2H3. The van der Waals surface area contributed by atoms with E-state index in [0.29, 0.717) is 19.0 Å². The van der Waals surface area contributed by atoms with Crippen molar-refractivity contribution in [3.05, 3.63) is 57.8 Å². The Kier molecular flexibility index (Phi) is 5.26. The van der Waals surface area contributed by atoms with Crippen LogP contribution in [0.15, 0.2) is 36.5 Å². The molecular weight excluding hydrogens is 286 g/mol. The maximum absolute atomic E-state index is 11.0. The second-order valence-electron chi connectivity index (χ2n) is 4.57. The molecule has 0 bridgehead atoms. The molecule has 0 spiro atoms. The van der Waals surface area contributed by atoms with Gasteiger partial charge in [0, 0.05) is 31.4 Å². The summed E-state index contributed by atoms with van der Waals surface area (Å²) in [6.07, 6.45) is 1.67. The van der Waals surface area contributed by atoms with Crippen LogP contribution in [-0.2, 0) is 13.1 Å². The number of rotatable bonds is 7. The third-order valence-corrected chi connectivity index (χ3v) is 3.11. The van der Waals surface area contributed by atoms with Gasteiger partial charge < -0.3 is 14.8 Å². The number of hydrogen-bond donors (Lipinski definition) is 1. The van der Waals surface area contributed by atoms with E-state index < -0.39 is 4.92 Å². The molecule has 0 aliphatic heterocycles. The molecule has 22 heavy (non-hydrogen) atoms. The maximum Gasteiger partial charge on any atom is 0.311 e. The number of nitrogens with zero attached hydrogens (tertiary/aromatic N) is 2. The summed E-state index contributed by atoms with van der Waals surface area (Å²) in [4.78, 5) is 14.6. The van der Waals surface area contributed by atoms with E-state index >= 15 is 0 Å². The fraction of sp³-hybridized carbons (Fsp3) is 0.267. The number of nitro groups is 1. The molecule has 1 aromatic heterocycles. The summed E-state index contributed by atoms with van der Waals surface area (Å²) in [5.74, 6) is 0.812. The van der Waals surface area contributed by atoms with E-state index in [-0.39, 0.29) is 11.4 Å². The molecule has 1 aromatic carbocycles. The molecule has 0 fully saturated rings. The highest BCUT2D eigenvalue weighted by molar-refractivity contribution is 5.48. The Morgan fingerprint density at radius 1 is 1.14 bits per heavy atom. The van der Waals surface area contributed by atoms with Gasteiger partial charge in [-0.25, -0.2) is 4.98 Å². The number of nitrogens with one attached hydrogen (secondary N) is 1. The first-order valence-corrected chi connectivity index (χ1v) is 6.65. The summed E-state index contributed by atoms with van der Waals surface area (Å²) in [5, 5.41) is 14.2. The molecule has 7 heteroatoms. The van der Waals surface area contributed by atoms with E-state index in [9.17, 15) is 10.1 Å². The molecule has 0 aliphatic rings. The molecule has 0 amide bonds. The summed E-state index contributed by atoms with van der Waals surface area (Å²) < 4.78 is 10.0. The Hall–Kier alpha value is -2.67. The summed E-state index contributed by atoms with van der Waals surface area (Å²) in [6, 6.07) is 8.63.